The van der Waals surface area contributed by atoms with Gasteiger partial charge in [-0.25, -0.2) is 0 Å². The molecule has 130 valence electrons. The Hall–Kier alpha value is -2.36. The molecule has 3 aromatic rings. The number of nitrogens with zero attached hydrogens (tertiary/aromatic N) is 1. The van der Waals surface area contributed by atoms with E-state index < -0.39 is 11.6 Å². The zero-order chi connectivity index (χ0) is 18.2. The molecule has 0 bridgehead atoms. The molecule has 0 atom stereocenters. The van der Waals surface area contributed by atoms with Crippen molar-refractivity contribution in [2.45, 2.75) is 33.4 Å². The Bertz CT molecular complexity index is 896. The third-order valence-electron chi connectivity index (χ3n) is 4.61. The molecule has 4 heteroatoms. The highest BCUT2D eigenvalue weighted by Crippen LogP contribution is 2.41. The molecule has 0 aliphatic rings. The fourth-order valence-corrected chi connectivity index (χ4v) is 2.97. The SMILES string of the molecule is Cc1cnc(-c2ccccc2)c2ccc(CC(C)(C)C(F)(F)F)cc12. The largest absolute Gasteiger partial charge is 0.394 e. The smallest absolute Gasteiger partial charge is 0.255 e. The predicted molar refractivity (Wildman–Crippen MR) is 95.5 cm³/mol. The van der Waals surface area contributed by atoms with E-state index in [-0.39, 0.29) is 6.42 Å². The summed E-state index contributed by atoms with van der Waals surface area (Å²) >= 11 is 0. The molecule has 0 aliphatic heterocycles. The topological polar surface area (TPSA) is 12.9 Å². The summed E-state index contributed by atoms with van der Waals surface area (Å²) in [6.07, 6.45) is -2.50. The number of aryl methyl sites for hydroxylation is 1. The van der Waals surface area contributed by atoms with E-state index in [1.54, 1.807) is 12.3 Å². The van der Waals surface area contributed by atoms with Crippen LogP contribution in [0.2, 0.25) is 0 Å². The van der Waals surface area contributed by atoms with Crippen molar-refractivity contribution in [3.63, 3.8) is 0 Å². The first-order chi connectivity index (χ1) is 11.7. The van der Waals surface area contributed by atoms with Gasteiger partial charge in [0.15, 0.2) is 0 Å². The Morgan fingerprint density at radius 1 is 0.920 bits per heavy atom. The number of alkyl halides is 3. The van der Waals surface area contributed by atoms with Crippen LogP contribution in [0.15, 0.2) is 54.7 Å². The summed E-state index contributed by atoms with van der Waals surface area (Å²) in [6, 6.07) is 15.3. The summed E-state index contributed by atoms with van der Waals surface area (Å²) < 4.78 is 39.6. The minimum atomic E-state index is -4.23. The molecule has 0 saturated heterocycles. The lowest BCUT2D eigenvalue weighted by Crippen LogP contribution is -2.34. The van der Waals surface area contributed by atoms with Crippen LogP contribution < -0.4 is 0 Å². The van der Waals surface area contributed by atoms with Crippen molar-refractivity contribution in [2.75, 3.05) is 0 Å². The normalized spacial score (nSPS) is 12.6. The summed E-state index contributed by atoms with van der Waals surface area (Å²) in [6.45, 7) is 4.42. The number of rotatable bonds is 3. The van der Waals surface area contributed by atoms with E-state index in [0.717, 1.165) is 27.6 Å². The first-order valence-corrected chi connectivity index (χ1v) is 8.19. The van der Waals surface area contributed by atoms with Crippen molar-refractivity contribution < 1.29 is 13.2 Å². The minimum absolute atomic E-state index is 0.0468. The van der Waals surface area contributed by atoms with Crippen LogP contribution in [-0.4, -0.2) is 11.2 Å². The monoisotopic (exact) mass is 343 g/mol. The molecule has 3 rings (SSSR count). The maximum atomic E-state index is 13.2. The van der Waals surface area contributed by atoms with Crippen molar-refractivity contribution in [3.8, 4) is 11.3 Å². The number of halogens is 3. The molecule has 0 fully saturated rings. The fourth-order valence-electron chi connectivity index (χ4n) is 2.97. The van der Waals surface area contributed by atoms with Gasteiger partial charge in [0.25, 0.3) is 0 Å². The van der Waals surface area contributed by atoms with Crippen molar-refractivity contribution in [2.24, 2.45) is 5.41 Å². The molecule has 25 heavy (non-hydrogen) atoms. The highest BCUT2D eigenvalue weighted by atomic mass is 19.4. The van der Waals surface area contributed by atoms with E-state index in [1.807, 2.05) is 49.4 Å². The van der Waals surface area contributed by atoms with Crippen molar-refractivity contribution in [1.29, 1.82) is 0 Å². The van der Waals surface area contributed by atoms with Crippen LogP contribution >= 0.6 is 0 Å². The molecular formula is C21H20F3N. The first-order valence-electron chi connectivity index (χ1n) is 8.19. The molecular weight excluding hydrogens is 323 g/mol. The predicted octanol–water partition coefficient (Wildman–Crippen LogP) is 6.34. The van der Waals surface area contributed by atoms with Crippen molar-refractivity contribution >= 4 is 10.8 Å². The number of hydrogen-bond acceptors (Lipinski definition) is 1. The highest BCUT2D eigenvalue weighted by Gasteiger charge is 2.46. The van der Waals surface area contributed by atoms with Gasteiger partial charge in [0.05, 0.1) is 11.1 Å². The molecule has 0 saturated carbocycles. The summed E-state index contributed by atoms with van der Waals surface area (Å²) in [4.78, 5) is 4.54. The van der Waals surface area contributed by atoms with Gasteiger partial charge in [0, 0.05) is 17.1 Å². The maximum Gasteiger partial charge on any atom is 0.394 e. The summed E-state index contributed by atoms with van der Waals surface area (Å²) in [5, 5.41) is 1.91. The van der Waals surface area contributed by atoms with Crippen LogP contribution in [0.25, 0.3) is 22.0 Å². The second-order valence-corrected chi connectivity index (χ2v) is 7.09. The number of hydrogen-bond donors (Lipinski definition) is 0. The van der Waals surface area contributed by atoms with Crippen LogP contribution in [0.5, 0.6) is 0 Å². The molecule has 1 heterocycles. The molecule has 1 nitrogen and oxygen atoms in total. The molecule has 0 amide bonds. The molecule has 0 aliphatic carbocycles. The lowest BCUT2D eigenvalue weighted by atomic mass is 9.84. The number of pyridine rings is 1. The van der Waals surface area contributed by atoms with E-state index in [9.17, 15) is 13.2 Å². The first kappa shape index (κ1) is 17.5. The molecule has 2 aromatic carbocycles. The van der Waals surface area contributed by atoms with Gasteiger partial charge in [0.1, 0.15) is 0 Å². The summed E-state index contributed by atoms with van der Waals surface area (Å²) in [5.74, 6) is 0. The van der Waals surface area contributed by atoms with Crippen LogP contribution in [-0.2, 0) is 6.42 Å². The van der Waals surface area contributed by atoms with Crippen molar-refractivity contribution in [1.82, 2.24) is 4.98 Å². The van der Waals surface area contributed by atoms with Crippen LogP contribution in [0.3, 0.4) is 0 Å². The molecule has 0 N–H and O–H groups in total. The number of aromatic nitrogens is 1. The molecule has 0 spiro atoms. The van der Waals surface area contributed by atoms with E-state index in [4.69, 9.17) is 0 Å². The molecule has 0 radical (unpaired) electrons. The van der Waals surface area contributed by atoms with E-state index in [1.165, 1.54) is 13.8 Å². The van der Waals surface area contributed by atoms with Gasteiger partial charge < -0.3 is 0 Å². The van der Waals surface area contributed by atoms with Crippen molar-refractivity contribution in [3.05, 3.63) is 65.9 Å². The third-order valence-corrected chi connectivity index (χ3v) is 4.61. The molecule has 1 aromatic heterocycles. The number of fused-ring (bicyclic) bond motifs is 1. The van der Waals surface area contributed by atoms with E-state index >= 15 is 0 Å². The average molecular weight is 343 g/mol. The summed E-state index contributed by atoms with van der Waals surface area (Å²) in [5.41, 5.74) is 1.73. The zero-order valence-corrected chi connectivity index (χ0v) is 14.5. The van der Waals surface area contributed by atoms with E-state index in [0.29, 0.717) is 5.56 Å². The fraction of sp³-hybridized carbons (Fsp3) is 0.286. The second kappa shape index (κ2) is 6.17. The Labute approximate surface area is 145 Å². The Morgan fingerprint density at radius 3 is 2.24 bits per heavy atom. The zero-order valence-electron chi connectivity index (χ0n) is 14.5. The Kier molecular flexibility index (Phi) is 4.31. The Balaban J connectivity index is 2.09. The average Bonchev–Trinajstić information content (AvgIpc) is 2.55. The van der Waals surface area contributed by atoms with Crippen LogP contribution in [0, 0.1) is 12.3 Å². The van der Waals surface area contributed by atoms with Gasteiger partial charge in [-0.1, -0.05) is 62.4 Å². The van der Waals surface area contributed by atoms with Crippen LogP contribution in [0.1, 0.15) is 25.0 Å². The van der Waals surface area contributed by atoms with Gasteiger partial charge in [-0.2, -0.15) is 13.2 Å². The van der Waals surface area contributed by atoms with Crippen LogP contribution in [0.4, 0.5) is 13.2 Å². The summed E-state index contributed by atoms with van der Waals surface area (Å²) in [7, 11) is 0. The van der Waals surface area contributed by atoms with Gasteiger partial charge in [-0.05, 0) is 29.9 Å². The van der Waals surface area contributed by atoms with Gasteiger partial charge >= 0.3 is 6.18 Å². The standard InChI is InChI=1S/C21H20F3N/c1-14-13-25-19(16-7-5-4-6-8-16)17-10-9-15(11-18(14)17)12-20(2,3)21(22,23)24/h4-11,13H,12H2,1-3H3. The third kappa shape index (κ3) is 3.39. The number of benzene rings is 2. The maximum absolute atomic E-state index is 13.2. The second-order valence-electron chi connectivity index (χ2n) is 7.09. The quantitative estimate of drug-likeness (QED) is 0.540. The van der Waals surface area contributed by atoms with Gasteiger partial charge in [-0.3, -0.25) is 4.98 Å². The lowest BCUT2D eigenvalue weighted by molar-refractivity contribution is -0.211. The van der Waals surface area contributed by atoms with E-state index in [2.05, 4.69) is 4.98 Å². The lowest BCUT2D eigenvalue weighted by Gasteiger charge is -2.28. The Morgan fingerprint density at radius 2 is 1.60 bits per heavy atom. The van der Waals surface area contributed by atoms with Gasteiger partial charge in [-0.15, -0.1) is 0 Å². The highest BCUT2D eigenvalue weighted by molar-refractivity contribution is 5.96. The minimum Gasteiger partial charge on any atom is -0.255 e. The van der Waals surface area contributed by atoms with Gasteiger partial charge in [0.2, 0.25) is 0 Å². The molecule has 0 unspecified atom stereocenters.